The fraction of sp³-hybridized carbons (Fsp3) is 0. The first-order valence-corrected chi connectivity index (χ1v) is 5.81. The van der Waals surface area contributed by atoms with Crippen LogP contribution in [0.4, 0.5) is 0 Å². The zero-order chi connectivity index (χ0) is 10.3. The fourth-order valence-corrected chi connectivity index (χ4v) is 2.73. The molecular weight excluding hydrogens is 286 g/mol. The van der Waals surface area contributed by atoms with Crippen molar-refractivity contribution in [3.63, 3.8) is 0 Å². The van der Waals surface area contributed by atoms with E-state index in [1.807, 2.05) is 6.07 Å². The first-order valence-electron chi connectivity index (χ1n) is 3.82. The zero-order valence-corrected chi connectivity index (χ0v) is 10.0. The molecule has 0 aliphatic carbocycles. The molecule has 1 heterocycles. The maximum absolute atomic E-state index is 8.98. The van der Waals surface area contributed by atoms with E-state index in [0.717, 1.165) is 14.6 Å². The van der Waals surface area contributed by atoms with Gasteiger partial charge in [-0.15, -0.1) is 11.3 Å². The predicted molar refractivity (Wildman–Crippen MR) is 64.4 cm³/mol. The molecule has 6 heteroatoms. The molecule has 1 aromatic heterocycles. The predicted octanol–water partition coefficient (Wildman–Crippen LogP) is 2.00. The largest absolute Gasteiger partial charge is 0.499 e. The summed E-state index contributed by atoms with van der Waals surface area (Å²) in [6.07, 6.45) is 0. The number of thiophene rings is 1. The van der Waals surface area contributed by atoms with E-state index >= 15 is 0 Å². The Morgan fingerprint density at radius 1 is 1.29 bits per heavy atom. The second-order valence-electron chi connectivity index (χ2n) is 2.83. The highest BCUT2D eigenvalue weighted by atomic mass is 79.9. The van der Waals surface area contributed by atoms with Gasteiger partial charge in [-0.25, -0.2) is 0 Å². The first-order chi connectivity index (χ1) is 6.58. The Labute approximate surface area is 98.4 Å². The molecule has 0 spiro atoms. The molecule has 2 rings (SSSR count). The maximum atomic E-state index is 8.98. The van der Waals surface area contributed by atoms with Gasteiger partial charge in [-0.05, 0) is 39.5 Å². The minimum Gasteiger partial charge on any atom is -0.423 e. The molecule has 0 saturated carbocycles. The van der Waals surface area contributed by atoms with Gasteiger partial charge >= 0.3 is 7.12 Å². The zero-order valence-electron chi connectivity index (χ0n) is 6.87. The van der Waals surface area contributed by atoms with Gasteiger partial charge in [-0.2, -0.15) is 0 Å². The van der Waals surface area contributed by atoms with E-state index in [4.69, 9.17) is 21.6 Å². The van der Waals surface area contributed by atoms with Crippen LogP contribution in [-0.2, 0) is 0 Å². The van der Waals surface area contributed by atoms with E-state index in [0.29, 0.717) is 9.80 Å². The van der Waals surface area contributed by atoms with Crippen molar-refractivity contribution in [1.82, 2.24) is 0 Å². The third-order valence-corrected chi connectivity index (χ3v) is 4.17. The summed E-state index contributed by atoms with van der Waals surface area (Å²) in [7, 11) is -1.41. The lowest BCUT2D eigenvalue weighted by Crippen LogP contribution is -2.26. The average Bonchev–Trinajstić information content (AvgIpc) is 2.48. The van der Waals surface area contributed by atoms with Gasteiger partial charge in [-0.3, -0.25) is 0 Å². The molecule has 0 atom stereocenters. The summed E-state index contributed by atoms with van der Waals surface area (Å²) in [6, 6.07) is 5.41. The summed E-state index contributed by atoms with van der Waals surface area (Å²) in [6.45, 7) is 0. The van der Waals surface area contributed by atoms with Crippen LogP contribution < -0.4 is 4.78 Å². The molecule has 0 bridgehead atoms. The van der Waals surface area contributed by atoms with Crippen LogP contribution in [0.15, 0.2) is 22.7 Å². The molecule has 0 unspecified atom stereocenters. The number of hydrogen-bond donors (Lipinski definition) is 2. The van der Waals surface area contributed by atoms with Crippen LogP contribution in [0, 0.1) is 0 Å². The minimum absolute atomic E-state index is 0.522. The van der Waals surface area contributed by atoms with E-state index in [-0.39, 0.29) is 0 Å². The topological polar surface area (TPSA) is 40.5 Å². The third kappa shape index (κ3) is 1.83. The van der Waals surface area contributed by atoms with Gasteiger partial charge in [0.05, 0.1) is 5.02 Å². The Morgan fingerprint density at radius 3 is 2.64 bits per heavy atom. The highest BCUT2D eigenvalue weighted by Gasteiger charge is 2.15. The molecule has 0 fully saturated rings. The second kappa shape index (κ2) is 3.83. The molecule has 2 nitrogen and oxygen atoms in total. The van der Waals surface area contributed by atoms with Crippen molar-refractivity contribution in [2.75, 3.05) is 0 Å². The van der Waals surface area contributed by atoms with Crippen LogP contribution in [0.2, 0.25) is 5.02 Å². The number of fused-ring (bicyclic) bond motifs is 1. The van der Waals surface area contributed by atoms with Crippen molar-refractivity contribution in [2.45, 2.75) is 0 Å². The number of rotatable bonds is 1. The molecule has 14 heavy (non-hydrogen) atoms. The number of hydrogen-bond acceptors (Lipinski definition) is 3. The van der Waals surface area contributed by atoms with E-state index in [9.17, 15) is 0 Å². The Morgan fingerprint density at radius 2 is 2.00 bits per heavy atom. The van der Waals surface area contributed by atoms with E-state index in [1.165, 1.54) is 11.3 Å². The van der Waals surface area contributed by atoms with Gasteiger partial charge in [0.25, 0.3) is 0 Å². The van der Waals surface area contributed by atoms with E-state index in [2.05, 4.69) is 15.9 Å². The Bertz CT molecular complexity index is 446. The third-order valence-electron chi connectivity index (χ3n) is 1.83. The molecule has 0 saturated heterocycles. The normalized spacial score (nSPS) is 10.9. The fourth-order valence-electron chi connectivity index (χ4n) is 1.18. The van der Waals surface area contributed by atoms with Crippen molar-refractivity contribution in [3.8, 4) is 0 Å². The highest BCUT2D eigenvalue weighted by molar-refractivity contribution is 9.10. The second-order valence-corrected chi connectivity index (χ2v) is 5.20. The molecule has 2 N–H and O–H groups in total. The summed E-state index contributed by atoms with van der Waals surface area (Å²) in [4.78, 5) is 0. The van der Waals surface area contributed by atoms with Gasteiger partial charge in [0, 0.05) is 13.9 Å². The van der Waals surface area contributed by atoms with Crippen LogP contribution in [0.25, 0.3) is 10.1 Å². The summed E-state index contributed by atoms with van der Waals surface area (Å²) in [5.74, 6) is 0. The lowest BCUT2D eigenvalue weighted by Gasteiger charge is -1.94. The lowest BCUT2D eigenvalue weighted by molar-refractivity contribution is 0.427. The summed E-state index contributed by atoms with van der Waals surface area (Å²) in [5.41, 5.74) is 0. The molecule has 0 aliphatic rings. The van der Waals surface area contributed by atoms with Crippen LogP contribution in [0.1, 0.15) is 0 Å². The molecule has 0 radical (unpaired) electrons. The van der Waals surface area contributed by atoms with Gasteiger partial charge < -0.3 is 10.0 Å². The van der Waals surface area contributed by atoms with Gasteiger partial charge in [0.15, 0.2) is 0 Å². The Kier molecular flexibility index (Phi) is 2.86. The van der Waals surface area contributed by atoms with Crippen LogP contribution >= 0.6 is 38.9 Å². The molecular formula is C8H5BBrClO2S. The van der Waals surface area contributed by atoms with Crippen LogP contribution in [0.5, 0.6) is 0 Å². The summed E-state index contributed by atoms with van der Waals surface area (Å²) < 4.78 is 2.28. The van der Waals surface area contributed by atoms with Crippen molar-refractivity contribution in [1.29, 1.82) is 0 Å². The number of halogens is 2. The summed E-state index contributed by atoms with van der Waals surface area (Å²) >= 11 is 10.5. The smallest absolute Gasteiger partial charge is 0.423 e. The van der Waals surface area contributed by atoms with Crippen molar-refractivity contribution in [3.05, 3.63) is 27.7 Å². The highest BCUT2D eigenvalue weighted by Crippen LogP contribution is 2.30. The quantitative estimate of drug-likeness (QED) is 0.789. The average molecular weight is 291 g/mol. The molecule has 0 aliphatic heterocycles. The van der Waals surface area contributed by atoms with E-state index in [1.54, 1.807) is 12.1 Å². The molecule has 72 valence electrons. The van der Waals surface area contributed by atoms with Gasteiger partial charge in [0.2, 0.25) is 0 Å². The minimum atomic E-state index is -1.41. The standard InChI is InChI=1S/C8H5BBrClO2S/c10-5-1-4-2-8(9(12)13)14-7(4)3-6(5)11/h1-3,12-13H. The Balaban J connectivity index is 2.66. The van der Waals surface area contributed by atoms with Crippen molar-refractivity contribution < 1.29 is 10.0 Å². The summed E-state index contributed by atoms with van der Waals surface area (Å²) in [5, 5.41) is 19.5. The molecule has 2 aromatic rings. The SMILES string of the molecule is OB(O)c1cc2cc(Br)c(Cl)cc2s1. The molecule has 1 aromatic carbocycles. The monoisotopic (exact) mass is 290 g/mol. The van der Waals surface area contributed by atoms with Crippen LogP contribution in [0.3, 0.4) is 0 Å². The van der Waals surface area contributed by atoms with Crippen LogP contribution in [-0.4, -0.2) is 17.2 Å². The van der Waals surface area contributed by atoms with Crippen molar-refractivity contribution >= 4 is 60.8 Å². The van der Waals surface area contributed by atoms with E-state index < -0.39 is 7.12 Å². The van der Waals surface area contributed by atoms with Gasteiger partial charge in [0.1, 0.15) is 0 Å². The maximum Gasteiger partial charge on any atom is 0.499 e. The lowest BCUT2D eigenvalue weighted by atomic mass is 9.89. The van der Waals surface area contributed by atoms with Crippen molar-refractivity contribution in [2.24, 2.45) is 0 Å². The Hall–Kier alpha value is -0.0651. The molecule has 0 amide bonds. The first kappa shape index (κ1) is 10.5. The number of benzene rings is 1. The van der Waals surface area contributed by atoms with Gasteiger partial charge in [-0.1, -0.05) is 11.6 Å².